The number of carbonyl (C=O) groups excluding carboxylic acids is 1. The molecule has 2 aliphatic rings. The Bertz CT molecular complexity index is 1050. The number of ether oxygens (including phenoxy) is 1. The summed E-state index contributed by atoms with van der Waals surface area (Å²) in [5, 5.41) is 0. The Morgan fingerprint density at radius 3 is 2.35 bits per heavy atom. The largest absolute Gasteiger partial charge is 0.379 e. The van der Waals surface area contributed by atoms with Crippen LogP contribution in [0.2, 0.25) is 0 Å². The van der Waals surface area contributed by atoms with E-state index in [2.05, 4.69) is 78.9 Å². The highest BCUT2D eigenvalue weighted by Gasteiger charge is 2.23. The summed E-state index contributed by atoms with van der Waals surface area (Å²) in [5.74, 6) is 0.201. The van der Waals surface area contributed by atoms with Crippen molar-refractivity contribution < 1.29 is 9.53 Å². The Morgan fingerprint density at radius 2 is 1.68 bits per heavy atom. The summed E-state index contributed by atoms with van der Waals surface area (Å²) in [6.45, 7) is 15.8. The van der Waals surface area contributed by atoms with Gasteiger partial charge in [0.1, 0.15) is 5.78 Å². The first-order chi connectivity index (χ1) is 16.3. The van der Waals surface area contributed by atoms with Gasteiger partial charge in [-0.05, 0) is 67.7 Å². The second kappa shape index (κ2) is 10.7. The Kier molecular flexibility index (Phi) is 7.74. The maximum atomic E-state index is 12.4. The number of rotatable bonds is 6. The third-order valence-electron chi connectivity index (χ3n) is 7.29. The zero-order valence-corrected chi connectivity index (χ0v) is 21.5. The molecule has 0 atom stereocenters. The van der Waals surface area contributed by atoms with Crippen LogP contribution in [0.5, 0.6) is 0 Å². The van der Waals surface area contributed by atoms with Crippen LogP contribution >= 0.6 is 0 Å². The second-order valence-corrected chi connectivity index (χ2v) is 9.86. The first-order valence-electron chi connectivity index (χ1n) is 12.5. The van der Waals surface area contributed by atoms with Crippen molar-refractivity contribution >= 4 is 17.5 Å². The fourth-order valence-corrected chi connectivity index (χ4v) is 5.04. The van der Waals surface area contributed by atoms with Crippen LogP contribution in [0.15, 0.2) is 36.0 Å². The molecule has 2 heterocycles. The van der Waals surface area contributed by atoms with Crippen molar-refractivity contribution in [2.75, 3.05) is 64.4 Å². The van der Waals surface area contributed by atoms with Crippen molar-refractivity contribution in [1.82, 2.24) is 9.80 Å². The SMILES string of the molecule is CC(=O)Cc1c(C)c2cc(c1-c1ccc(C)cc1)/C=C(/C)N(C)CCN2CCN1CCOCC1. The molecular weight excluding hydrogens is 422 g/mol. The number of allylic oxidation sites excluding steroid dienone is 1. The Morgan fingerprint density at radius 1 is 0.971 bits per heavy atom. The van der Waals surface area contributed by atoms with Gasteiger partial charge in [-0.15, -0.1) is 0 Å². The fourth-order valence-electron chi connectivity index (χ4n) is 5.04. The molecular formula is C29H39N3O2. The van der Waals surface area contributed by atoms with Gasteiger partial charge in [-0.2, -0.15) is 0 Å². The van der Waals surface area contributed by atoms with Crippen molar-refractivity contribution in [3.63, 3.8) is 0 Å². The van der Waals surface area contributed by atoms with E-state index in [-0.39, 0.29) is 5.78 Å². The molecule has 4 rings (SSSR count). The Balaban J connectivity index is 1.83. The van der Waals surface area contributed by atoms with Crippen LogP contribution in [0.3, 0.4) is 0 Å². The van der Waals surface area contributed by atoms with Gasteiger partial charge < -0.3 is 14.5 Å². The lowest BCUT2D eigenvalue weighted by molar-refractivity contribution is -0.116. The Labute approximate surface area is 205 Å². The summed E-state index contributed by atoms with van der Waals surface area (Å²) in [6, 6.07) is 11.1. The van der Waals surface area contributed by atoms with Gasteiger partial charge in [0, 0.05) is 64.1 Å². The zero-order valence-electron chi connectivity index (χ0n) is 21.5. The molecule has 2 aromatic rings. The van der Waals surface area contributed by atoms with Gasteiger partial charge in [0.05, 0.1) is 13.2 Å². The number of ketones is 1. The van der Waals surface area contributed by atoms with Crippen molar-refractivity contribution in [1.29, 1.82) is 0 Å². The number of morpholine rings is 1. The van der Waals surface area contributed by atoms with E-state index in [0.717, 1.165) is 58.0 Å². The number of likely N-dealkylation sites (N-methyl/N-ethyl adjacent to an activating group) is 1. The normalized spacial score (nSPS) is 18.7. The maximum Gasteiger partial charge on any atom is 0.134 e. The number of hydrogen-bond donors (Lipinski definition) is 0. The lowest BCUT2D eigenvalue weighted by atomic mass is 9.86. The molecule has 1 saturated heterocycles. The van der Waals surface area contributed by atoms with Gasteiger partial charge in [0.25, 0.3) is 0 Å². The molecule has 0 N–H and O–H groups in total. The molecule has 0 saturated carbocycles. The molecule has 0 aromatic heterocycles. The van der Waals surface area contributed by atoms with E-state index < -0.39 is 0 Å². The number of aryl methyl sites for hydroxylation is 1. The summed E-state index contributed by atoms with van der Waals surface area (Å²) in [6.07, 6.45) is 2.75. The zero-order chi connectivity index (χ0) is 24.2. The van der Waals surface area contributed by atoms with Gasteiger partial charge in [-0.25, -0.2) is 0 Å². The Hall–Kier alpha value is -2.63. The average molecular weight is 462 g/mol. The van der Waals surface area contributed by atoms with Gasteiger partial charge in [0.2, 0.25) is 0 Å². The molecule has 5 heteroatoms. The van der Waals surface area contributed by atoms with Crippen LogP contribution in [-0.4, -0.2) is 75.1 Å². The minimum Gasteiger partial charge on any atom is -0.379 e. The average Bonchev–Trinajstić information content (AvgIpc) is 2.86. The van der Waals surface area contributed by atoms with Crippen LogP contribution < -0.4 is 4.90 Å². The van der Waals surface area contributed by atoms with E-state index in [1.54, 1.807) is 6.92 Å². The van der Waals surface area contributed by atoms with Gasteiger partial charge in [0.15, 0.2) is 0 Å². The summed E-state index contributed by atoms with van der Waals surface area (Å²) < 4.78 is 5.54. The van der Waals surface area contributed by atoms with Crippen molar-refractivity contribution in [3.8, 4) is 11.1 Å². The van der Waals surface area contributed by atoms with Crippen LogP contribution in [0.25, 0.3) is 17.2 Å². The topological polar surface area (TPSA) is 36.0 Å². The highest BCUT2D eigenvalue weighted by atomic mass is 16.5. The number of anilines is 1. The van der Waals surface area contributed by atoms with E-state index in [9.17, 15) is 4.79 Å². The molecule has 0 aliphatic carbocycles. The number of fused-ring (bicyclic) bond motifs is 2. The van der Waals surface area contributed by atoms with Gasteiger partial charge in [-0.3, -0.25) is 9.69 Å². The van der Waals surface area contributed by atoms with Crippen LogP contribution in [0.4, 0.5) is 5.69 Å². The van der Waals surface area contributed by atoms with Crippen molar-refractivity contribution in [2.45, 2.75) is 34.1 Å². The van der Waals surface area contributed by atoms with E-state index >= 15 is 0 Å². The van der Waals surface area contributed by atoms with Crippen LogP contribution in [-0.2, 0) is 16.0 Å². The molecule has 2 aliphatic heterocycles. The number of benzene rings is 2. The minimum absolute atomic E-state index is 0.201. The van der Waals surface area contributed by atoms with E-state index in [1.807, 2.05) is 0 Å². The maximum absolute atomic E-state index is 12.4. The number of hydrogen-bond acceptors (Lipinski definition) is 5. The molecule has 0 spiro atoms. The molecule has 5 nitrogen and oxygen atoms in total. The van der Waals surface area contributed by atoms with Crippen molar-refractivity contribution in [3.05, 3.63) is 58.3 Å². The third kappa shape index (κ3) is 5.53. The van der Waals surface area contributed by atoms with Gasteiger partial charge >= 0.3 is 0 Å². The number of nitrogens with zero attached hydrogens (tertiary/aromatic N) is 3. The standard InChI is InChI=1S/C29H39N3O2/c1-21-6-8-25(9-7-21)29-26-18-22(2)30(5)10-12-32(13-11-31-14-16-34-17-15-31)28(20-26)24(4)27(29)19-23(3)33/h6-9,18,20H,10-17,19H2,1-5H3/b22-18-. The third-order valence-corrected chi connectivity index (χ3v) is 7.29. The monoisotopic (exact) mass is 461 g/mol. The molecule has 1 fully saturated rings. The van der Waals surface area contributed by atoms with E-state index in [4.69, 9.17) is 4.74 Å². The molecule has 2 aromatic carbocycles. The second-order valence-electron chi connectivity index (χ2n) is 9.86. The van der Waals surface area contributed by atoms with Crippen molar-refractivity contribution in [2.24, 2.45) is 0 Å². The molecule has 182 valence electrons. The first-order valence-corrected chi connectivity index (χ1v) is 12.5. The van der Waals surface area contributed by atoms with E-state index in [0.29, 0.717) is 6.42 Å². The van der Waals surface area contributed by atoms with Crippen LogP contribution in [0.1, 0.15) is 36.1 Å². The predicted octanol–water partition coefficient (Wildman–Crippen LogP) is 4.55. The lowest BCUT2D eigenvalue weighted by Crippen LogP contribution is -2.43. The predicted molar refractivity (Wildman–Crippen MR) is 141 cm³/mol. The summed E-state index contributed by atoms with van der Waals surface area (Å²) in [5.41, 5.74) is 9.70. The summed E-state index contributed by atoms with van der Waals surface area (Å²) in [4.78, 5) is 19.8. The fraction of sp³-hybridized carbons (Fsp3) is 0.483. The smallest absolute Gasteiger partial charge is 0.134 e. The van der Waals surface area contributed by atoms with Crippen LogP contribution in [0, 0.1) is 13.8 Å². The highest BCUT2D eigenvalue weighted by Crippen LogP contribution is 2.38. The summed E-state index contributed by atoms with van der Waals surface area (Å²) >= 11 is 0. The summed E-state index contributed by atoms with van der Waals surface area (Å²) in [7, 11) is 2.18. The first kappa shape index (κ1) is 24.5. The molecule has 2 bridgehead atoms. The molecule has 0 radical (unpaired) electrons. The molecule has 0 unspecified atom stereocenters. The molecule has 0 amide bonds. The minimum atomic E-state index is 0.201. The van der Waals surface area contributed by atoms with Gasteiger partial charge in [-0.1, -0.05) is 29.8 Å². The number of carbonyl (C=O) groups is 1. The number of Topliss-reactive ketones (excluding diaryl/α,β-unsaturated/α-hetero) is 1. The highest BCUT2D eigenvalue weighted by molar-refractivity contribution is 5.89. The lowest BCUT2D eigenvalue weighted by Gasteiger charge is -2.33. The molecule has 34 heavy (non-hydrogen) atoms. The van der Waals surface area contributed by atoms with E-state index in [1.165, 1.54) is 39.2 Å². The quantitative estimate of drug-likeness (QED) is 0.631.